The zero-order chi connectivity index (χ0) is 14.8. The van der Waals surface area contributed by atoms with Crippen molar-refractivity contribution in [3.05, 3.63) is 58.1 Å². The lowest BCUT2D eigenvalue weighted by Gasteiger charge is -2.09. The van der Waals surface area contributed by atoms with Gasteiger partial charge in [0, 0.05) is 10.2 Å². The van der Waals surface area contributed by atoms with Gasteiger partial charge in [-0.3, -0.25) is 4.72 Å². The van der Waals surface area contributed by atoms with E-state index in [1.54, 1.807) is 18.2 Å². The lowest BCUT2D eigenvalue weighted by Crippen LogP contribution is -2.12. The van der Waals surface area contributed by atoms with Gasteiger partial charge in [-0.1, -0.05) is 15.9 Å². The first-order valence-corrected chi connectivity index (χ1v) is 7.99. The van der Waals surface area contributed by atoms with Crippen LogP contribution >= 0.6 is 15.9 Å². The van der Waals surface area contributed by atoms with Crippen molar-refractivity contribution in [2.24, 2.45) is 0 Å². The fourth-order valence-corrected chi connectivity index (χ4v) is 2.93. The Balaban J connectivity index is 2.30. The maximum Gasteiger partial charge on any atom is 0.261 e. The molecule has 0 bridgehead atoms. The van der Waals surface area contributed by atoms with Crippen molar-refractivity contribution in [1.82, 2.24) is 0 Å². The van der Waals surface area contributed by atoms with Gasteiger partial charge in [-0.2, -0.15) is 5.26 Å². The second-order valence-electron chi connectivity index (χ2n) is 4.21. The first-order valence-electron chi connectivity index (χ1n) is 5.71. The van der Waals surface area contributed by atoms with E-state index in [0.29, 0.717) is 11.3 Å². The monoisotopic (exact) mass is 350 g/mol. The lowest BCUT2D eigenvalue weighted by atomic mass is 10.2. The lowest BCUT2D eigenvalue weighted by molar-refractivity contribution is 0.601. The molecule has 0 aliphatic rings. The Morgan fingerprint density at radius 1 is 1.15 bits per heavy atom. The van der Waals surface area contributed by atoms with Crippen molar-refractivity contribution >= 4 is 31.6 Å². The zero-order valence-electron chi connectivity index (χ0n) is 10.6. The summed E-state index contributed by atoms with van der Waals surface area (Å²) >= 11 is 3.36. The van der Waals surface area contributed by atoms with Crippen molar-refractivity contribution in [1.29, 1.82) is 5.26 Å². The van der Waals surface area contributed by atoms with Gasteiger partial charge in [-0.25, -0.2) is 8.42 Å². The van der Waals surface area contributed by atoms with Gasteiger partial charge in [0.2, 0.25) is 0 Å². The normalized spacial score (nSPS) is 10.8. The Hall–Kier alpha value is -1.84. The molecule has 0 radical (unpaired) electrons. The molecule has 0 aromatic heterocycles. The number of rotatable bonds is 3. The number of nitriles is 1. The van der Waals surface area contributed by atoms with E-state index in [4.69, 9.17) is 5.26 Å². The third-order valence-corrected chi connectivity index (χ3v) is 4.99. The summed E-state index contributed by atoms with van der Waals surface area (Å²) in [6.07, 6.45) is 0. The quantitative estimate of drug-likeness (QED) is 0.921. The summed E-state index contributed by atoms with van der Waals surface area (Å²) in [6.45, 7) is 1.88. The third kappa shape index (κ3) is 3.18. The zero-order valence-corrected chi connectivity index (χ0v) is 13.0. The molecule has 0 saturated heterocycles. The summed E-state index contributed by atoms with van der Waals surface area (Å²) in [7, 11) is -3.64. The molecule has 0 saturated carbocycles. The molecule has 6 heteroatoms. The predicted molar refractivity (Wildman–Crippen MR) is 80.8 cm³/mol. The van der Waals surface area contributed by atoms with Crippen LogP contribution in [-0.2, 0) is 10.0 Å². The highest BCUT2D eigenvalue weighted by Gasteiger charge is 2.14. The molecule has 0 aliphatic carbocycles. The Labute approximate surface area is 126 Å². The topological polar surface area (TPSA) is 70.0 Å². The van der Waals surface area contributed by atoms with Gasteiger partial charge in [0.05, 0.1) is 16.5 Å². The van der Waals surface area contributed by atoms with Crippen molar-refractivity contribution < 1.29 is 8.42 Å². The largest absolute Gasteiger partial charge is 0.280 e. The van der Waals surface area contributed by atoms with Crippen LogP contribution in [0.4, 0.5) is 5.69 Å². The number of nitrogens with one attached hydrogen (secondary N) is 1. The molecule has 0 heterocycles. The number of anilines is 1. The highest BCUT2D eigenvalue weighted by atomic mass is 79.9. The van der Waals surface area contributed by atoms with Gasteiger partial charge in [0.1, 0.15) is 0 Å². The molecule has 0 atom stereocenters. The van der Waals surface area contributed by atoms with Crippen LogP contribution in [0, 0.1) is 18.3 Å². The van der Waals surface area contributed by atoms with E-state index in [2.05, 4.69) is 20.7 Å². The van der Waals surface area contributed by atoms with Gasteiger partial charge in [-0.15, -0.1) is 0 Å². The Morgan fingerprint density at radius 3 is 2.35 bits per heavy atom. The van der Waals surface area contributed by atoms with Crippen molar-refractivity contribution in [2.75, 3.05) is 4.72 Å². The molecule has 0 aliphatic heterocycles. The number of aryl methyl sites for hydroxylation is 1. The van der Waals surface area contributed by atoms with Crippen LogP contribution in [0.5, 0.6) is 0 Å². The van der Waals surface area contributed by atoms with Crippen LogP contribution in [-0.4, -0.2) is 8.42 Å². The maximum atomic E-state index is 12.2. The number of halogens is 1. The molecular weight excluding hydrogens is 340 g/mol. The summed E-state index contributed by atoms with van der Waals surface area (Å²) in [6, 6.07) is 12.9. The maximum absolute atomic E-state index is 12.2. The average molecular weight is 351 g/mol. The Bertz CT molecular complexity index is 778. The standard InChI is InChI=1S/C14H11BrN2O2S/c1-10-8-12(4-7-14(10)15)17-20(18,19)13-5-2-11(9-16)3-6-13/h2-8,17H,1H3. The first kappa shape index (κ1) is 14.6. The fraction of sp³-hybridized carbons (Fsp3) is 0.0714. The van der Waals surface area contributed by atoms with Crippen LogP contribution in [0.25, 0.3) is 0 Å². The number of benzene rings is 2. The Morgan fingerprint density at radius 2 is 1.80 bits per heavy atom. The van der Waals surface area contributed by atoms with Crippen LogP contribution in [0.1, 0.15) is 11.1 Å². The number of hydrogen-bond donors (Lipinski definition) is 1. The number of nitrogens with zero attached hydrogens (tertiary/aromatic N) is 1. The second-order valence-corrected chi connectivity index (χ2v) is 6.74. The molecule has 102 valence electrons. The second kappa shape index (κ2) is 5.65. The summed E-state index contributed by atoms with van der Waals surface area (Å²) in [4.78, 5) is 0.122. The minimum atomic E-state index is -3.64. The fourth-order valence-electron chi connectivity index (χ4n) is 1.63. The molecule has 0 fully saturated rings. The molecule has 0 unspecified atom stereocenters. The molecule has 1 N–H and O–H groups in total. The van der Waals surface area contributed by atoms with Gasteiger partial charge in [0.15, 0.2) is 0 Å². The van der Waals surface area contributed by atoms with E-state index >= 15 is 0 Å². The highest BCUT2D eigenvalue weighted by Crippen LogP contribution is 2.22. The molecular formula is C14H11BrN2O2S. The van der Waals surface area contributed by atoms with E-state index in [1.165, 1.54) is 24.3 Å². The highest BCUT2D eigenvalue weighted by molar-refractivity contribution is 9.10. The van der Waals surface area contributed by atoms with Gasteiger partial charge < -0.3 is 0 Å². The van der Waals surface area contributed by atoms with E-state index in [9.17, 15) is 8.42 Å². The molecule has 2 aromatic rings. The van der Waals surface area contributed by atoms with Crippen molar-refractivity contribution in [3.63, 3.8) is 0 Å². The van der Waals surface area contributed by atoms with Gasteiger partial charge in [-0.05, 0) is 55.0 Å². The SMILES string of the molecule is Cc1cc(NS(=O)(=O)c2ccc(C#N)cc2)ccc1Br. The molecule has 2 aromatic carbocycles. The van der Waals surface area contributed by atoms with Gasteiger partial charge in [0.25, 0.3) is 10.0 Å². The smallest absolute Gasteiger partial charge is 0.261 e. The Kier molecular flexibility index (Phi) is 4.12. The molecule has 4 nitrogen and oxygen atoms in total. The predicted octanol–water partition coefficient (Wildman–Crippen LogP) is 3.43. The van der Waals surface area contributed by atoms with E-state index < -0.39 is 10.0 Å². The van der Waals surface area contributed by atoms with Crippen LogP contribution < -0.4 is 4.72 Å². The van der Waals surface area contributed by atoms with E-state index in [1.807, 2.05) is 13.0 Å². The van der Waals surface area contributed by atoms with Crippen LogP contribution in [0.15, 0.2) is 51.8 Å². The minimum absolute atomic E-state index is 0.122. The minimum Gasteiger partial charge on any atom is -0.280 e. The van der Waals surface area contributed by atoms with Crippen molar-refractivity contribution in [3.8, 4) is 6.07 Å². The van der Waals surface area contributed by atoms with Crippen molar-refractivity contribution in [2.45, 2.75) is 11.8 Å². The summed E-state index contributed by atoms with van der Waals surface area (Å²) in [5, 5.41) is 8.70. The van der Waals surface area contributed by atoms with E-state index in [0.717, 1.165) is 10.0 Å². The summed E-state index contributed by atoms with van der Waals surface area (Å²) in [5.74, 6) is 0. The first-order chi connectivity index (χ1) is 9.42. The van der Waals surface area contributed by atoms with Crippen LogP contribution in [0.2, 0.25) is 0 Å². The molecule has 2 rings (SSSR count). The number of sulfonamides is 1. The average Bonchev–Trinajstić information content (AvgIpc) is 2.43. The molecule has 0 spiro atoms. The van der Waals surface area contributed by atoms with Gasteiger partial charge >= 0.3 is 0 Å². The van der Waals surface area contributed by atoms with E-state index in [-0.39, 0.29) is 4.90 Å². The molecule has 20 heavy (non-hydrogen) atoms. The number of hydrogen-bond acceptors (Lipinski definition) is 3. The third-order valence-electron chi connectivity index (χ3n) is 2.70. The summed E-state index contributed by atoms with van der Waals surface area (Å²) in [5.41, 5.74) is 1.85. The molecule has 0 amide bonds. The van der Waals surface area contributed by atoms with Crippen LogP contribution in [0.3, 0.4) is 0 Å². The summed E-state index contributed by atoms with van der Waals surface area (Å²) < 4.78 is 27.8.